The van der Waals surface area contributed by atoms with Crippen LogP contribution in [0.4, 0.5) is 5.69 Å². The predicted molar refractivity (Wildman–Crippen MR) is 85.7 cm³/mol. The molecule has 5 heteroatoms. The summed E-state index contributed by atoms with van der Waals surface area (Å²) >= 11 is 0. The summed E-state index contributed by atoms with van der Waals surface area (Å²) < 4.78 is 0. The first-order chi connectivity index (χ1) is 10.5. The zero-order valence-corrected chi connectivity index (χ0v) is 13.0. The Morgan fingerprint density at radius 1 is 1.14 bits per heavy atom. The lowest BCUT2D eigenvalue weighted by molar-refractivity contribution is -0.116. The molecule has 2 aromatic rings. The van der Waals surface area contributed by atoms with Gasteiger partial charge in [0.2, 0.25) is 5.91 Å². The monoisotopic (exact) mass is 297 g/mol. The van der Waals surface area contributed by atoms with Gasteiger partial charge in [-0.1, -0.05) is 18.2 Å². The fourth-order valence-electron chi connectivity index (χ4n) is 2.19. The van der Waals surface area contributed by atoms with Crippen LogP contribution < -0.4 is 5.32 Å². The van der Waals surface area contributed by atoms with Crippen molar-refractivity contribution >= 4 is 17.5 Å². The Morgan fingerprint density at radius 3 is 2.41 bits per heavy atom. The molecular weight excluding hydrogens is 278 g/mol. The number of rotatable bonds is 4. The van der Waals surface area contributed by atoms with E-state index in [4.69, 9.17) is 0 Å². The van der Waals surface area contributed by atoms with Gasteiger partial charge in [0, 0.05) is 25.1 Å². The maximum absolute atomic E-state index is 12.2. The van der Waals surface area contributed by atoms with Crippen molar-refractivity contribution in [3.8, 4) is 0 Å². The summed E-state index contributed by atoms with van der Waals surface area (Å²) in [7, 11) is 1.60. The Labute approximate surface area is 130 Å². The Kier molecular flexibility index (Phi) is 4.88. The van der Waals surface area contributed by atoms with Gasteiger partial charge in [-0.25, -0.2) is 0 Å². The molecule has 1 N–H and O–H groups in total. The summed E-state index contributed by atoms with van der Waals surface area (Å²) in [4.78, 5) is 29.6. The van der Waals surface area contributed by atoms with E-state index < -0.39 is 0 Å². The molecule has 5 nitrogen and oxygen atoms in total. The number of hydrogen-bond donors (Lipinski definition) is 1. The average Bonchev–Trinajstić information content (AvgIpc) is 2.51. The summed E-state index contributed by atoms with van der Waals surface area (Å²) in [6, 6.07) is 9.19. The molecule has 2 rings (SSSR count). The molecule has 1 aromatic heterocycles. The van der Waals surface area contributed by atoms with E-state index in [2.05, 4.69) is 10.3 Å². The molecule has 1 heterocycles. The summed E-state index contributed by atoms with van der Waals surface area (Å²) in [5, 5.41) is 2.87. The van der Waals surface area contributed by atoms with Crippen molar-refractivity contribution < 1.29 is 9.59 Å². The number of carbonyl (C=O) groups is 2. The number of carbonyl (C=O) groups excluding carboxylic acids is 2. The molecule has 0 fully saturated rings. The van der Waals surface area contributed by atoms with Gasteiger partial charge in [-0.15, -0.1) is 0 Å². The summed E-state index contributed by atoms with van der Waals surface area (Å²) in [6.07, 6.45) is 3.09. The normalized spacial score (nSPS) is 10.1. The van der Waals surface area contributed by atoms with E-state index in [0.717, 1.165) is 16.8 Å². The Hall–Kier alpha value is -2.69. The highest BCUT2D eigenvalue weighted by molar-refractivity contribution is 5.99. The number of benzene rings is 1. The molecule has 2 amide bonds. The Balaban J connectivity index is 2.01. The van der Waals surface area contributed by atoms with Gasteiger partial charge in [-0.2, -0.15) is 0 Å². The first-order valence-corrected chi connectivity index (χ1v) is 7.00. The largest absolute Gasteiger partial charge is 0.332 e. The first-order valence-electron chi connectivity index (χ1n) is 7.00. The maximum Gasteiger partial charge on any atom is 0.255 e. The second-order valence-electron chi connectivity index (χ2n) is 5.22. The van der Waals surface area contributed by atoms with Crippen LogP contribution in [0.2, 0.25) is 0 Å². The SMILES string of the molecule is Cc1cccc(C)c1NC(=O)CN(C)C(=O)c1cccnc1. The fraction of sp³-hybridized carbons (Fsp3) is 0.235. The number of anilines is 1. The molecule has 0 aliphatic carbocycles. The maximum atomic E-state index is 12.2. The molecule has 22 heavy (non-hydrogen) atoms. The van der Waals surface area contributed by atoms with Crippen LogP contribution in [0.5, 0.6) is 0 Å². The minimum Gasteiger partial charge on any atom is -0.332 e. The van der Waals surface area contributed by atoms with Gasteiger partial charge in [-0.3, -0.25) is 14.6 Å². The number of hydrogen-bond acceptors (Lipinski definition) is 3. The molecule has 0 unspecified atom stereocenters. The standard InChI is InChI=1S/C17H19N3O2/c1-12-6-4-7-13(2)16(12)19-15(21)11-20(3)17(22)14-8-5-9-18-10-14/h4-10H,11H2,1-3H3,(H,19,21). The van der Waals surface area contributed by atoms with Crippen LogP contribution in [-0.2, 0) is 4.79 Å². The summed E-state index contributed by atoms with van der Waals surface area (Å²) in [5.41, 5.74) is 3.25. The van der Waals surface area contributed by atoms with Crippen molar-refractivity contribution in [1.82, 2.24) is 9.88 Å². The highest BCUT2D eigenvalue weighted by atomic mass is 16.2. The van der Waals surface area contributed by atoms with Crippen LogP contribution in [0.3, 0.4) is 0 Å². The number of likely N-dealkylation sites (N-methyl/N-ethyl adjacent to an activating group) is 1. The van der Waals surface area contributed by atoms with E-state index in [1.54, 1.807) is 25.4 Å². The second-order valence-corrected chi connectivity index (χ2v) is 5.22. The average molecular weight is 297 g/mol. The topological polar surface area (TPSA) is 62.3 Å². The minimum absolute atomic E-state index is 0.0124. The van der Waals surface area contributed by atoms with Crippen molar-refractivity contribution in [1.29, 1.82) is 0 Å². The molecule has 0 saturated heterocycles. The highest BCUT2D eigenvalue weighted by Crippen LogP contribution is 2.19. The van der Waals surface area contributed by atoms with Gasteiger partial charge in [0.25, 0.3) is 5.91 Å². The quantitative estimate of drug-likeness (QED) is 0.942. The van der Waals surface area contributed by atoms with Gasteiger partial charge < -0.3 is 10.2 Å². The van der Waals surface area contributed by atoms with E-state index in [1.165, 1.54) is 11.1 Å². The third kappa shape index (κ3) is 3.69. The van der Waals surface area contributed by atoms with Crippen LogP contribution in [0.15, 0.2) is 42.7 Å². The fourth-order valence-corrected chi connectivity index (χ4v) is 2.19. The molecule has 0 radical (unpaired) electrons. The van der Waals surface area contributed by atoms with Gasteiger partial charge in [-0.05, 0) is 37.1 Å². The lowest BCUT2D eigenvalue weighted by atomic mass is 10.1. The lowest BCUT2D eigenvalue weighted by Crippen LogP contribution is -2.35. The van der Waals surface area contributed by atoms with Gasteiger partial charge in [0.1, 0.15) is 0 Å². The zero-order valence-electron chi connectivity index (χ0n) is 13.0. The number of aryl methyl sites for hydroxylation is 2. The zero-order chi connectivity index (χ0) is 16.1. The Morgan fingerprint density at radius 2 is 1.82 bits per heavy atom. The van der Waals surface area contributed by atoms with Gasteiger partial charge in [0.15, 0.2) is 0 Å². The van der Waals surface area contributed by atoms with Gasteiger partial charge in [0.05, 0.1) is 12.1 Å². The van der Waals surface area contributed by atoms with E-state index in [9.17, 15) is 9.59 Å². The molecule has 0 spiro atoms. The van der Waals surface area contributed by atoms with Crippen molar-refractivity contribution in [2.45, 2.75) is 13.8 Å². The molecular formula is C17H19N3O2. The molecule has 1 aromatic carbocycles. The second kappa shape index (κ2) is 6.85. The highest BCUT2D eigenvalue weighted by Gasteiger charge is 2.16. The van der Waals surface area contributed by atoms with Crippen molar-refractivity contribution in [2.24, 2.45) is 0 Å². The molecule has 0 saturated carbocycles. The number of nitrogens with zero attached hydrogens (tertiary/aromatic N) is 2. The first kappa shape index (κ1) is 15.7. The van der Waals surface area contributed by atoms with Crippen LogP contribution in [0.1, 0.15) is 21.5 Å². The third-order valence-electron chi connectivity index (χ3n) is 3.38. The molecule has 0 atom stereocenters. The minimum atomic E-state index is -0.232. The number of nitrogens with one attached hydrogen (secondary N) is 1. The van der Waals surface area contributed by atoms with E-state index in [1.807, 2.05) is 32.0 Å². The smallest absolute Gasteiger partial charge is 0.255 e. The van der Waals surface area contributed by atoms with Crippen LogP contribution >= 0.6 is 0 Å². The summed E-state index contributed by atoms with van der Waals surface area (Å²) in [5.74, 6) is -0.457. The van der Waals surface area contributed by atoms with Crippen molar-refractivity contribution in [3.05, 3.63) is 59.4 Å². The number of aromatic nitrogens is 1. The number of amides is 2. The molecule has 0 aliphatic heterocycles. The molecule has 0 aliphatic rings. The van der Waals surface area contributed by atoms with Gasteiger partial charge >= 0.3 is 0 Å². The van der Waals surface area contributed by atoms with E-state index in [0.29, 0.717) is 5.56 Å². The third-order valence-corrected chi connectivity index (χ3v) is 3.38. The van der Waals surface area contributed by atoms with Crippen LogP contribution in [-0.4, -0.2) is 35.3 Å². The number of para-hydroxylation sites is 1. The summed E-state index contributed by atoms with van der Waals surface area (Å²) in [6.45, 7) is 3.86. The van der Waals surface area contributed by atoms with Crippen molar-refractivity contribution in [2.75, 3.05) is 18.9 Å². The molecule has 0 bridgehead atoms. The van der Waals surface area contributed by atoms with E-state index >= 15 is 0 Å². The Bertz CT molecular complexity index is 663. The van der Waals surface area contributed by atoms with E-state index in [-0.39, 0.29) is 18.4 Å². The van der Waals surface area contributed by atoms with Crippen LogP contribution in [0.25, 0.3) is 0 Å². The lowest BCUT2D eigenvalue weighted by Gasteiger charge is -2.18. The molecule has 114 valence electrons. The van der Waals surface area contributed by atoms with Crippen LogP contribution in [0, 0.1) is 13.8 Å². The van der Waals surface area contributed by atoms with Crippen molar-refractivity contribution in [3.63, 3.8) is 0 Å². The number of pyridine rings is 1. The predicted octanol–water partition coefficient (Wildman–Crippen LogP) is 2.41.